The van der Waals surface area contributed by atoms with Crippen molar-refractivity contribution in [2.24, 2.45) is 0 Å². The Balaban J connectivity index is 1.87. The first kappa shape index (κ1) is 10.4. The molecule has 1 fully saturated rings. The summed E-state index contributed by atoms with van der Waals surface area (Å²) in [6.45, 7) is 0.374. The fraction of sp³-hybridized carbons (Fsp3) is 0.714. The number of sulfone groups is 1. The zero-order valence-corrected chi connectivity index (χ0v) is 8.80. The molecule has 15 heavy (non-hydrogen) atoms. The van der Waals surface area contributed by atoms with Gasteiger partial charge in [-0.3, -0.25) is 4.98 Å². The molecular formula is C7H12N4O3S. The molecule has 2 heterocycles. The van der Waals surface area contributed by atoms with Crippen LogP contribution in [-0.4, -0.2) is 41.1 Å². The predicted molar refractivity (Wildman–Crippen MR) is 53.1 cm³/mol. The third kappa shape index (κ3) is 2.66. The summed E-state index contributed by atoms with van der Waals surface area (Å²) in [5, 5.41) is 8.98. The van der Waals surface area contributed by atoms with Gasteiger partial charge in [0.1, 0.15) is 5.82 Å². The maximum absolute atomic E-state index is 11.1. The van der Waals surface area contributed by atoms with Gasteiger partial charge in [-0.25, -0.2) is 18.3 Å². The first-order chi connectivity index (χ1) is 7.05. The van der Waals surface area contributed by atoms with Crippen molar-refractivity contribution in [3.63, 3.8) is 0 Å². The van der Waals surface area contributed by atoms with Crippen LogP contribution in [0.5, 0.6) is 0 Å². The molecule has 3 N–H and O–H groups in total. The number of hydrogen-bond donors (Lipinski definition) is 3. The van der Waals surface area contributed by atoms with E-state index in [-0.39, 0.29) is 23.2 Å². The van der Waals surface area contributed by atoms with E-state index < -0.39 is 9.84 Å². The number of nitrogens with one attached hydrogen (secondary N) is 3. The van der Waals surface area contributed by atoms with E-state index in [1.807, 2.05) is 0 Å². The van der Waals surface area contributed by atoms with Gasteiger partial charge in [-0.05, 0) is 6.42 Å². The molecule has 0 radical (unpaired) electrons. The zero-order chi connectivity index (χ0) is 10.9. The van der Waals surface area contributed by atoms with Crippen LogP contribution in [0.15, 0.2) is 4.79 Å². The Morgan fingerprint density at radius 1 is 1.53 bits per heavy atom. The van der Waals surface area contributed by atoms with Crippen molar-refractivity contribution < 1.29 is 8.42 Å². The van der Waals surface area contributed by atoms with Crippen LogP contribution in [0.1, 0.15) is 12.2 Å². The van der Waals surface area contributed by atoms with Crippen LogP contribution in [0.4, 0.5) is 0 Å². The molecule has 0 bridgehead atoms. The third-order valence-corrected chi connectivity index (χ3v) is 4.11. The molecule has 1 aliphatic rings. The molecule has 84 valence electrons. The molecule has 7 nitrogen and oxygen atoms in total. The summed E-state index contributed by atoms with van der Waals surface area (Å²) in [5.74, 6) is 0.896. The predicted octanol–water partition coefficient (Wildman–Crippen LogP) is -1.63. The van der Waals surface area contributed by atoms with Crippen LogP contribution in [-0.2, 0) is 16.4 Å². The van der Waals surface area contributed by atoms with Crippen LogP contribution < -0.4 is 11.0 Å². The van der Waals surface area contributed by atoms with Crippen molar-refractivity contribution in [1.82, 2.24) is 20.5 Å². The van der Waals surface area contributed by atoms with Crippen LogP contribution in [0.25, 0.3) is 0 Å². The van der Waals surface area contributed by atoms with E-state index in [1.165, 1.54) is 0 Å². The second-order valence-electron chi connectivity index (χ2n) is 3.61. The molecule has 1 aliphatic heterocycles. The molecule has 1 aromatic heterocycles. The van der Waals surface area contributed by atoms with Crippen LogP contribution in [0, 0.1) is 0 Å². The maximum Gasteiger partial charge on any atom is 0.340 e. The van der Waals surface area contributed by atoms with Crippen molar-refractivity contribution >= 4 is 9.84 Å². The van der Waals surface area contributed by atoms with Crippen molar-refractivity contribution in [3.8, 4) is 0 Å². The molecule has 0 aliphatic carbocycles. The summed E-state index contributed by atoms with van der Waals surface area (Å²) in [6.07, 6.45) is 0.622. The van der Waals surface area contributed by atoms with Gasteiger partial charge in [0, 0.05) is 6.04 Å². The first-order valence-corrected chi connectivity index (χ1v) is 6.45. The number of hydrogen-bond acceptors (Lipinski definition) is 5. The Kier molecular flexibility index (Phi) is 2.61. The topological polar surface area (TPSA) is 108 Å². The molecule has 8 heteroatoms. The van der Waals surface area contributed by atoms with Crippen molar-refractivity contribution in [3.05, 3.63) is 16.3 Å². The van der Waals surface area contributed by atoms with Gasteiger partial charge in [-0.2, -0.15) is 5.10 Å². The highest BCUT2D eigenvalue weighted by molar-refractivity contribution is 7.91. The zero-order valence-electron chi connectivity index (χ0n) is 7.99. The summed E-state index contributed by atoms with van der Waals surface area (Å²) in [7, 11) is -2.86. The van der Waals surface area contributed by atoms with Gasteiger partial charge in [-0.15, -0.1) is 0 Å². The lowest BCUT2D eigenvalue weighted by Gasteiger charge is -2.07. The smallest absolute Gasteiger partial charge is 0.306 e. The highest BCUT2D eigenvalue weighted by Crippen LogP contribution is 2.11. The molecule has 0 spiro atoms. The number of H-pyrrole nitrogens is 2. The molecule has 1 aromatic rings. The Bertz CT molecular complexity index is 488. The average molecular weight is 232 g/mol. The summed E-state index contributed by atoms with van der Waals surface area (Å²) >= 11 is 0. The lowest BCUT2D eigenvalue weighted by Crippen LogP contribution is -2.30. The Labute approximate surface area is 86.2 Å². The third-order valence-electron chi connectivity index (χ3n) is 2.34. The van der Waals surface area contributed by atoms with Crippen LogP contribution in [0.3, 0.4) is 0 Å². The minimum Gasteiger partial charge on any atom is -0.306 e. The molecule has 0 aromatic carbocycles. The number of aromatic amines is 2. The number of nitrogens with zero attached hydrogens (tertiary/aromatic N) is 1. The van der Waals surface area contributed by atoms with Gasteiger partial charge in [0.15, 0.2) is 9.84 Å². The standard InChI is InChI=1S/C7H12N4O3S/c12-7-9-6(10-11-7)3-8-5-1-2-15(13,14)4-5/h5,8H,1-4H2,(H2,9,10,11,12). The van der Waals surface area contributed by atoms with E-state index in [0.29, 0.717) is 18.8 Å². The highest BCUT2D eigenvalue weighted by atomic mass is 32.2. The normalized spacial score (nSPS) is 24.4. The van der Waals surface area contributed by atoms with E-state index in [4.69, 9.17) is 0 Å². The summed E-state index contributed by atoms with van der Waals surface area (Å²) < 4.78 is 22.3. The van der Waals surface area contributed by atoms with E-state index in [0.717, 1.165) is 0 Å². The van der Waals surface area contributed by atoms with E-state index in [9.17, 15) is 13.2 Å². The molecule has 1 saturated heterocycles. The second-order valence-corrected chi connectivity index (χ2v) is 5.83. The quantitative estimate of drug-likeness (QED) is 0.580. The van der Waals surface area contributed by atoms with Crippen molar-refractivity contribution in [1.29, 1.82) is 0 Å². The largest absolute Gasteiger partial charge is 0.340 e. The van der Waals surface area contributed by atoms with Gasteiger partial charge in [-0.1, -0.05) is 0 Å². The minimum absolute atomic E-state index is 0.0322. The summed E-state index contributed by atoms with van der Waals surface area (Å²) in [4.78, 5) is 13.2. The molecule has 0 amide bonds. The number of aromatic nitrogens is 3. The fourth-order valence-corrected chi connectivity index (χ4v) is 3.29. The SMILES string of the molecule is O=c1[nH]nc(CNC2CCS(=O)(=O)C2)[nH]1. The van der Waals surface area contributed by atoms with Crippen molar-refractivity contribution in [2.45, 2.75) is 19.0 Å². The Morgan fingerprint density at radius 3 is 2.87 bits per heavy atom. The Hall–Kier alpha value is -1.15. The monoisotopic (exact) mass is 232 g/mol. The summed E-state index contributed by atoms with van der Waals surface area (Å²) in [5.41, 5.74) is -0.356. The van der Waals surface area contributed by atoms with Crippen LogP contribution >= 0.6 is 0 Å². The number of rotatable bonds is 3. The van der Waals surface area contributed by atoms with Gasteiger partial charge < -0.3 is 5.32 Å². The molecule has 0 saturated carbocycles. The highest BCUT2D eigenvalue weighted by Gasteiger charge is 2.27. The minimum atomic E-state index is -2.86. The fourth-order valence-electron chi connectivity index (χ4n) is 1.59. The van der Waals surface area contributed by atoms with E-state index in [1.54, 1.807) is 0 Å². The second kappa shape index (κ2) is 3.78. The molecule has 2 rings (SSSR count). The maximum atomic E-state index is 11.1. The lowest BCUT2D eigenvalue weighted by atomic mass is 10.2. The molecular weight excluding hydrogens is 220 g/mol. The average Bonchev–Trinajstić information content (AvgIpc) is 2.69. The lowest BCUT2D eigenvalue weighted by molar-refractivity contribution is 0.542. The van der Waals surface area contributed by atoms with Gasteiger partial charge in [0.2, 0.25) is 0 Å². The van der Waals surface area contributed by atoms with Crippen LogP contribution in [0.2, 0.25) is 0 Å². The first-order valence-electron chi connectivity index (χ1n) is 4.62. The Morgan fingerprint density at radius 2 is 2.33 bits per heavy atom. The molecule has 1 unspecified atom stereocenters. The van der Waals surface area contributed by atoms with Gasteiger partial charge >= 0.3 is 5.69 Å². The van der Waals surface area contributed by atoms with E-state index >= 15 is 0 Å². The van der Waals surface area contributed by atoms with Crippen molar-refractivity contribution in [2.75, 3.05) is 11.5 Å². The van der Waals surface area contributed by atoms with Gasteiger partial charge in [0.05, 0.1) is 18.1 Å². The van der Waals surface area contributed by atoms with E-state index in [2.05, 4.69) is 20.5 Å². The molecule has 1 atom stereocenters. The van der Waals surface area contributed by atoms with Gasteiger partial charge in [0.25, 0.3) is 0 Å². The summed E-state index contributed by atoms with van der Waals surface area (Å²) in [6, 6.07) is -0.0322.